The fourth-order valence-corrected chi connectivity index (χ4v) is 2.50. The molecular weight excluding hydrogens is 348 g/mol. The first kappa shape index (κ1) is 18.8. The van der Waals surface area contributed by atoms with E-state index in [0.717, 1.165) is 4.90 Å². The Labute approximate surface area is 148 Å². The van der Waals surface area contributed by atoms with Crippen molar-refractivity contribution in [3.8, 4) is 11.5 Å². The van der Waals surface area contributed by atoms with Crippen molar-refractivity contribution in [1.29, 1.82) is 0 Å². The second-order valence-corrected chi connectivity index (χ2v) is 5.72. The lowest BCUT2D eigenvalue weighted by atomic mass is 10.2. The molecule has 7 heteroatoms. The molecule has 2 aromatic rings. The number of amides is 1. The van der Waals surface area contributed by atoms with Gasteiger partial charge >= 0.3 is 6.61 Å². The van der Waals surface area contributed by atoms with Crippen molar-refractivity contribution in [3.05, 3.63) is 54.1 Å². The summed E-state index contributed by atoms with van der Waals surface area (Å²) in [6.07, 6.45) is 4.87. The first-order chi connectivity index (χ1) is 12.0. The van der Waals surface area contributed by atoms with Gasteiger partial charge in [-0.15, -0.1) is 11.8 Å². The Morgan fingerprint density at radius 2 is 2.00 bits per heavy atom. The van der Waals surface area contributed by atoms with Gasteiger partial charge in [-0.1, -0.05) is 12.1 Å². The number of benzene rings is 2. The van der Waals surface area contributed by atoms with Crippen molar-refractivity contribution in [3.63, 3.8) is 0 Å². The van der Waals surface area contributed by atoms with Crippen LogP contribution in [0, 0.1) is 0 Å². The first-order valence-electron chi connectivity index (χ1n) is 7.28. The third-order valence-electron chi connectivity index (χ3n) is 3.17. The molecule has 0 spiro atoms. The normalized spacial score (nSPS) is 10.9. The molecule has 2 aromatic carbocycles. The summed E-state index contributed by atoms with van der Waals surface area (Å²) in [6.45, 7) is -2.93. The number of alkyl halides is 2. The van der Waals surface area contributed by atoms with Crippen molar-refractivity contribution in [1.82, 2.24) is 0 Å². The standard InChI is InChI=1S/C18H17F2NO3S/c1-23-16-10-12(6-8-15(16)24-18(19)20)7-9-17(22)21-13-4-3-5-14(11-13)25-2/h3-11,18H,1-2H3,(H,21,22)/b9-7+. The number of methoxy groups -OCH3 is 1. The van der Waals surface area contributed by atoms with Crippen LogP contribution in [0.25, 0.3) is 6.08 Å². The highest BCUT2D eigenvalue weighted by Gasteiger charge is 2.10. The molecule has 0 radical (unpaired) electrons. The molecule has 25 heavy (non-hydrogen) atoms. The molecular formula is C18H17F2NO3S. The summed E-state index contributed by atoms with van der Waals surface area (Å²) < 4.78 is 34.0. The molecule has 0 atom stereocenters. The zero-order valence-electron chi connectivity index (χ0n) is 13.7. The molecule has 1 N–H and O–H groups in total. The van der Waals surface area contributed by atoms with Gasteiger partial charge in [-0.25, -0.2) is 0 Å². The van der Waals surface area contributed by atoms with Crippen molar-refractivity contribution in [2.24, 2.45) is 0 Å². The van der Waals surface area contributed by atoms with Crippen LogP contribution in [-0.4, -0.2) is 25.9 Å². The number of hydrogen-bond donors (Lipinski definition) is 1. The van der Waals surface area contributed by atoms with Gasteiger partial charge in [-0.2, -0.15) is 8.78 Å². The molecule has 4 nitrogen and oxygen atoms in total. The number of thioether (sulfide) groups is 1. The van der Waals surface area contributed by atoms with Crippen molar-refractivity contribution in [2.45, 2.75) is 11.5 Å². The molecule has 0 fully saturated rings. The monoisotopic (exact) mass is 365 g/mol. The van der Waals surface area contributed by atoms with Crippen LogP contribution < -0.4 is 14.8 Å². The van der Waals surface area contributed by atoms with Crippen molar-refractivity contribution >= 4 is 29.4 Å². The average Bonchev–Trinajstić information content (AvgIpc) is 2.60. The van der Waals surface area contributed by atoms with Gasteiger partial charge in [0.05, 0.1) is 7.11 Å². The predicted octanol–water partition coefficient (Wildman–Crippen LogP) is 4.67. The average molecular weight is 365 g/mol. The number of hydrogen-bond acceptors (Lipinski definition) is 4. The number of halogens is 2. The van der Waals surface area contributed by atoms with E-state index in [1.807, 2.05) is 24.5 Å². The second kappa shape index (κ2) is 9.08. The maximum Gasteiger partial charge on any atom is 0.387 e. The molecule has 0 bridgehead atoms. The minimum absolute atomic E-state index is 0.0621. The van der Waals surface area contributed by atoms with E-state index in [9.17, 15) is 13.6 Å². The summed E-state index contributed by atoms with van der Waals surface area (Å²) in [6, 6.07) is 11.9. The Kier molecular flexibility index (Phi) is 6.82. The molecule has 0 aromatic heterocycles. The smallest absolute Gasteiger partial charge is 0.387 e. The quantitative estimate of drug-likeness (QED) is 0.572. The van der Waals surface area contributed by atoms with Crippen LogP contribution in [-0.2, 0) is 4.79 Å². The van der Waals surface area contributed by atoms with E-state index < -0.39 is 6.61 Å². The van der Waals surface area contributed by atoms with Crippen LogP contribution in [0.3, 0.4) is 0 Å². The second-order valence-electron chi connectivity index (χ2n) is 4.84. The van der Waals surface area contributed by atoms with Crippen LogP contribution >= 0.6 is 11.8 Å². The fraction of sp³-hybridized carbons (Fsp3) is 0.167. The number of ether oxygens (including phenoxy) is 2. The lowest BCUT2D eigenvalue weighted by Gasteiger charge is -2.10. The summed E-state index contributed by atoms with van der Waals surface area (Å²) in [5.74, 6) is -0.200. The first-order valence-corrected chi connectivity index (χ1v) is 8.50. The number of carbonyl (C=O) groups is 1. The van der Waals surface area contributed by atoms with Gasteiger partial charge in [-0.05, 0) is 48.2 Å². The van der Waals surface area contributed by atoms with Gasteiger partial charge in [-0.3, -0.25) is 4.79 Å². The van der Waals surface area contributed by atoms with E-state index in [4.69, 9.17) is 4.74 Å². The van der Waals surface area contributed by atoms with E-state index in [0.29, 0.717) is 11.3 Å². The topological polar surface area (TPSA) is 47.6 Å². The molecule has 0 aliphatic carbocycles. The Bertz CT molecular complexity index is 766. The summed E-state index contributed by atoms with van der Waals surface area (Å²) in [5, 5.41) is 2.76. The number of anilines is 1. The van der Waals surface area contributed by atoms with Crippen molar-refractivity contribution in [2.75, 3.05) is 18.7 Å². The highest BCUT2D eigenvalue weighted by molar-refractivity contribution is 7.98. The van der Waals surface area contributed by atoms with Crippen molar-refractivity contribution < 1.29 is 23.0 Å². The molecule has 132 valence electrons. The Balaban J connectivity index is 2.06. The molecule has 0 saturated carbocycles. The highest BCUT2D eigenvalue weighted by Crippen LogP contribution is 2.29. The zero-order chi connectivity index (χ0) is 18.2. The largest absolute Gasteiger partial charge is 0.493 e. The van der Waals surface area contributed by atoms with Gasteiger partial charge < -0.3 is 14.8 Å². The molecule has 0 aliphatic heterocycles. The van der Waals surface area contributed by atoms with Gasteiger partial charge in [0, 0.05) is 16.7 Å². The van der Waals surface area contributed by atoms with Crippen LogP contribution in [0.15, 0.2) is 53.4 Å². The number of rotatable bonds is 7. The lowest BCUT2D eigenvalue weighted by molar-refractivity contribution is -0.111. The fourth-order valence-electron chi connectivity index (χ4n) is 2.04. The SMILES string of the molecule is COc1cc(/C=C/C(=O)Nc2cccc(SC)c2)ccc1OC(F)F. The molecule has 2 rings (SSSR count). The van der Waals surface area contributed by atoms with Crippen LogP contribution in [0.5, 0.6) is 11.5 Å². The predicted molar refractivity (Wildman–Crippen MR) is 95.5 cm³/mol. The van der Waals surface area contributed by atoms with E-state index in [2.05, 4.69) is 10.1 Å². The third-order valence-corrected chi connectivity index (χ3v) is 3.89. The van der Waals surface area contributed by atoms with Gasteiger partial charge in [0.25, 0.3) is 0 Å². The molecule has 0 unspecified atom stereocenters. The summed E-state index contributed by atoms with van der Waals surface area (Å²) in [7, 11) is 1.35. The molecule has 0 saturated heterocycles. The van der Waals surface area contributed by atoms with Gasteiger partial charge in [0.15, 0.2) is 11.5 Å². The van der Waals surface area contributed by atoms with Gasteiger partial charge in [0.2, 0.25) is 5.91 Å². The number of nitrogens with one attached hydrogen (secondary N) is 1. The van der Waals surface area contributed by atoms with E-state index in [1.54, 1.807) is 30.0 Å². The third kappa shape index (κ3) is 5.79. The Hall–Kier alpha value is -2.54. The Morgan fingerprint density at radius 1 is 1.20 bits per heavy atom. The lowest BCUT2D eigenvalue weighted by Crippen LogP contribution is -2.07. The minimum atomic E-state index is -2.93. The summed E-state index contributed by atoms with van der Waals surface area (Å²) in [4.78, 5) is 13.0. The van der Waals surface area contributed by atoms with Crippen LogP contribution in [0.2, 0.25) is 0 Å². The molecule has 0 aliphatic rings. The maximum absolute atomic E-state index is 12.3. The van der Waals surface area contributed by atoms with Crippen LogP contribution in [0.4, 0.5) is 14.5 Å². The van der Waals surface area contributed by atoms with Gasteiger partial charge in [0.1, 0.15) is 0 Å². The van der Waals surface area contributed by atoms with E-state index in [-0.39, 0.29) is 17.4 Å². The number of carbonyl (C=O) groups excluding carboxylic acids is 1. The highest BCUT2D eigenvalue weighted by atomic mass is 32.2. The maximum atomic E-state index is 12.3. The Morgan fingerprint density at radius 3 is 2.68 bits per heavy atom. The molecule has 1 amide bonds. The zero-order valence-corrected chi connectivity index (χ0v) is 14.5. The minimum Gasteiger partial charge on any atom is -0.493 e. The van der Waals surface area contributed by atoms with E-state index in [1.165, 1.54) is 25.3 Å². The molecule has 0 heterocycles. The van der Waals surface area contributed by atoms with Crippen LogP contribution in [0.1, 0.15) is 5.56 Å². The summed E-state index contributed by atoms with van der Waals surface area (Å²) >= 11 is 1.58. The van der Waals surface area contributed by atoms with E-state index >= 15 is 0 Å². The summed E-state index contributed by atoms with van der Waals surface area (Å²) in [5.41, 5.74) is 1.31.